The fourth-order valence-electron chi connectivity index (χ4n) is 3.76. The van der Waals surface area contributed by atoms with Gasteiger partial charge in [0.25, 0.3) is 0 Å². The van der Waals surface area contributed by atoms with Gasteiger partial charge in [0.1, 0.15) is 34.2 Å². The van der Waals surface area contributed by atoms with Crippen LogP contribution in [0.5, 0.6) is 11.6 Å². The number of thiazole rings is 1. The Hall–Kier alpha value is -3.91. The molecule has 1 N–H and O–H groups in total. The quantitative estimate of drug-likeness (QED) is 0.223. The average molecular weight is 533 g/mol. The number of hydrogen-bond acceptors (Lipinski definition) is 7. The molecule has 0 aliphatic rings. The van der Waals surface area contributed by atoms with E-state index < -0.39 is 11.0 Å². The first kappa shape index (κ1) is 24.8. The Morgan fingerprint density at radius 3 is 2.70 bits per heavy atom. The summed E-state index contributed by atoms with van der Waals surface area (Å²) in [5.74, 6) is 3.39. The number of aryl methyl sites for hydroxylation is 1. The van der Waals surface area contributed by atoms with Crippen molar-refractivity contribution in [3.63, 3.8) is 0 Å². The molecule has 0 spiro atoms. The van der Waals surface area contributed by atoms with Crippen LogP contribution in [-0.4, -0.2) is 39.4 Å². The predicted molar refractivity (Wildman–Crippen MR) is 144 cm³/mol. The zero-order valence-corrected chi connectivity index (χ0v) is 21.6. The second-order valence-electron chi connectivity index (χ2n) is 8.02. The van der Waals surface area contributed by atoms with Crippen molar-refractivity contribution >= 4 is 43.6 Å². The molecule has 0 bridgehead atoms. The standard InChI is InChI=1S/C27H21FN4O3S2/c1-4-17-12-21(26-22(13-17)31-24(34-3)15-29-26)27-32-25-16(2)11-19(14-23(25)36-27)35-10-9-30-37(33)20-7-5-18(28)6-8-20/h1,5-8,11-15,30H,9-10H2,2-3H3. The van der Waals surface area contributed by atoms with Crippen molar-refractivity contribution in [1.82, 2.24) is 19.7 Å². The summed E-state index contributed by atoms with van der Waals surface area (Å²) in [6.45, 7) is 2.62. The summed E-state index contributed by atoms with van der Waals surface area (Å²) >= 11 is 1.51. The van der Waals surface area contributed by atoms with E-state index in [1.165, 1.54) is 35.6 Å². The monoisotopic (exact) mass is 532 g/mol. The Morgan fingerprint density at radius 2 is 1.95 bits per heavy atom. The number of halogens is 1. The number of hydrogen-bond donors (Lipinski definition) is 1. The molecule has 0 aliphatic heterocycles. The van der Waals surface area contributed by atoms with Crippen LogP contribution in [0.3, 0.4) is 0 Å². The van der Waals surface area contributed by atoms with Crippen LogP contribution >= 0.6 is 11.3 Å². The molecule has 0 saturated heterocycles. The van der Waals surface area contributed by atoms with Gasteiger partial charge in [0, 0.05) is 17.7 Å². The molecule has 7 nitrogen and oxygen atoms in total. The number of benzene rings is 3. The largest absolute Gasteiger partial charge is 0.492 e. The second kappa shape index (κ2) is 10.6. The van der Waals surface area contributed by atoms with Crippen molar-refractivity contribution in [2.24, 2.45) is 0 Å². The molecule has 3 aromatic carbocycles. The van der Waals surface area contributed by atoms with Gasteiger partial charge in [0.2, 0.25) is 5.88 Å². The minimum Gasteiger partial charge on any atom is -0.492 e. The number of methoxy groups -OCH3 is 1. The van der Waals surface area contributed by atoms with Crippen molar-refractivity contribution in [3.05, 3.63) is 71.7 Å². The highest BCUT2D eigenvalue weighted by Gasteiger charge is 2.16. The molecule has 1 unspecified atom stereocenters. The molecular formula is C27H21FN4O3S2. The van der Waals surface area contributed by atoms with Crippen LogP contribution in [0.15, 0.2) is 59.6 Å². The lowest BCUT2D eigenvalue weighted by Gasteiger charge is -2.08. The summed E-state index contributed by atoms with van der Waals surface area (Å²) in [6.07, 6.45) is 7.26. The maximum absolute atomic E-state index is 13.1. The van der Waals surface area contributed by atoms with Crippen molar-refractivity contribution in [1.29, 1.82) is 0 Å². The van der Waals surface area contributed by atoms with Crippen LogP contribution in [0.4, 0.5) is 4.39 Å². The summed E-state index contributed by atoms with van der Waals surface area (Å²) < 4.78 is 40.3. The van der Waals surface area contributed by atoms with E-state index in [2.05, 4.69) is 20.6 Å². The van der Waals surface area contributed by atoms with Gasteiger partial charge in [-0.05, 0) is 61.0 Å². The van der Waals surface area contributed by atoms with E-state index >= 15 is 0 Å². The van der Waals surface area contributed by atoms with E-state index in [4.69, 9.17) is 20.9 Å². The number of aromatic nitrogens is 3. The molecule has 5 rings (SSSR count). The molecule has 0 amide bonds. The van der Waals surface area contributed by atoms with E-state index in [1.807, 2.05) is 25.1 Å². The minimum atomic E-state index is -1.45. The molecule has 10 heteroatoms. The van der Waals surface area contributed by atoms with Crippen molar-refractivity contribution in [2.45, 2.75) is 11.8 Å². The molecular weight excluding hydrogens is 511 g/mol. The number of fused-ring (bicyclic) bond motifs is 2. The Balaban J connectivity index is 1.36. The van der Waals surface area contributed by atoms with E-state index in [0.29, 0.717) is 46.3 Å². The molecule has 0 saturated carbocycles. The Bertz CT molecular complexity index is 1680. The van der Waals surface area contributed by atoms with Crippen LogP contribution < -0.4 is 14.2 Å². The Kier molecular flexibility index (Phi) is 7.10. The topological polar surface area (TPSA) is 86.2 Å². The minimum absolute atomic E-state index is 0.301. The van der Waals surface area contributed by atoms with E-state index in [1.54, 1.807) is 19.4 Å². The number of ether oxygens (including phenoxy) is 2. The summed E-state index contributed by atoms with van der Waals surface area (Å²) in [5, 5.41) is 0.771. The van der Waals surface area contributed by atoms with Gasteiger partial charge in [0.15, 0.2) is 0 Å². The molecule has 0 fully saturated rings. The molecule has 0 radical (unpaired) electrons. The van der Waals surface area contributed by atoms with Crippen LogP contribution in [0.1, 0.15) is 11.1 Å². The van der Waals surface area contributed by atoms with Crippen molar-refractivity contribution in [2.75, 3.05) is 20.3 Å². The second-order valence-corrected chi connectivity index (χ2v) is 10.3. The summed E-state index contributed by atoms with van der Waals surface area (Å²) in [4.78, 5) is 14.4. The number of nitrogens with zero attached hydrogens (tertiary/aromatic N) is 3. The summed E-state index contributed by atoms with van der Waals surface area (Å²) in [5.41, 5.74) is 4.63. The van der Waals surface area contributed by atoms with Crippen molar-refractivity contribution < 1.29 is 18.1 Å². The maximum atomic E-state index is 13.1. The predicted octanol–water partition coefficient (Wildman–Crippen LogP) is 5.04. The fourth-order valence-corrected chi connectivity index (χ4v) is 5.67. The van der Waals surface area contributed by atoms with Crippen LogP contribution in [-0.2, 0) is 11.0 Å². The zero-order chi connectivity index (χ0) is 25.9. The SMILES string of the molecule is C#Cc1cc(-c2nc3c(C)cc(OCCNS(=O)c4ccc(F)cc4)cc3s2)c2ncc(OC)nc2c1. The van der Waals surface area contributed by atoms with Gasteiger partial charge >= 0.3 is 0 Å². The number of terminal acetylenes is 1. The average Bonchev–Trinajstić information content (AvgIpc) is 3.35. The smallest absolute Gasteiger partial charge is 0.232 e. The van der Waals surface area contributed by atoms with Crippen LogP contribution in [0.2, 0.25) is 0 Å². The first-order valence-electron chi connectivity index (χ1n) is 11.2. The molecule has 2 aromatic heterocycles. The lowest BCUT2D eigenvalue weighted by molar-refractivity contribution is 0.324. The first-order valence-corrected chi connectivity index (χ1v) is 13.2. The third kappa shape index (κ3) is 5.29. The lowest BCUT2D eigenvalue weighted by atomic mass is 10.1. The maximum Gasteiger partial charge on any atom is 0.232 e. The molecule has 186 valence electrons. The Labute approximate surface area is 219 Å². The molecule has 37 heavy (non-hydrogen) atoms. The van der Waals surface area contributed by atoms with E-state index in [9.17, 15) is 8.60 Å². The highest BCUT2D eigenvalue weighted by Crippen LogP contribution is 2.37. The van der Waals surface area contributed by atoms with Crippen molar-refractivity contribution in [3.8, 4) is 34.5 Å². The van der Waals surface area contributed by atoms with Gasteiger partial charge in [-0.2, -0.15) is 0 Å². The van der Waals surface area contributed by atoms with Gasteiger partial charge < -0.3 is 9.47 Å². The molecule has 1 atom stereocenters. The third-order valence-corrected chi connectivity index (χ3v) is 7.72. The van der Waals surface area contributed by atoms with Gasteiger partial charge in [-0.3, -0.25) is 0 Å². The normalized spacial score (nSPS) is 11.9. The Morgan fingerprint density at radius 1 is 1.14 bits per heavy atom. The molecule has 5 aromatic rings. The van der Waals surface area contributed by atoms with E-state index in [-0.39, 0.29) is 5.82 Å². The summed E-state index contributed by atoms with van der Waals surface area (Å²) in [6, 6.07) is 13.1. The first-order chi connectivity index (χ1) is 17.9. The van der Waals surface area contributed by atoms with Gasteiger partial charge in [0.05, 0.1) is 39.5 Å². The lowest BCUT2D eigenvalue weighted by Crippen LogP contribution is -2.23. The highest BCUT2D eigenvalue weighted by atomic mass is 32.2. The molecule has 2 heterocycles. The highest BCUT2D eigenvalue weighted by molar-refractivity contribution is 7.83. The molecule has 0 aliphatic carbocycles. The number of nitrogens with one attached hydrogen (secondary N) is 1. The third-order valence-electron chi connectivity index (χ3n) is 5.52. The van der Waals surface area contributed by atoms with Crippen LogP contribution in [0.25, 0.3) is 31.8 Å². The summed E-state index contributed by atoms with van der Waals surface area (Å²) in [7, 11) is 0.0920. The zero-order valence-electron chi connectivity index (χ0n) is 19.9. The van der Waals surface area contributed by atoms with E-state index in [0.717, 1.165) is 26.4 Å². The fraction of sp³-hybridized carbons (Fsp3) is 0.148. The number of rotatable bonds is 8. The van der Waals surface area contributed by atoms with Gasteiger partial charge in [-0.15, -0.1) is 17.8 Å². The van der Waals surface area contributed by atoms with Gasteiger partial charge in [-0.25, -0.2) is 28.3 Å². The van der Waals surface area contributed by atoms with Crippen LogP contribution in [0, 0.1) is 25.1 Å². The van der Waals surface area contributed by atoms with Gasteiger partial charge in [-0.1, -0.05) is 5.92 Å².